The summed E-state index contributed by atoms with van der Waals surface area (Å²) in [6, 6.07) is 4.86. The van der Waals surface area contributed by atoms with Crippen LogP contribution in [0.5, 0.6) is 5.75 Å². The third kappa shape index (κ3) is 4.34. The molecule has 0 unspecified atom stereocenters. The number of carbonyl (C=O) groups is 2. The molecule has 0 radical (unpaired) electrons. The minimum absolute atomic E-state index is 0.0744. The Bertz CT molecular complexity index is 546. The van der Waals surface area contributed by atoms with Gasteiger partial charge < -0.3 is 15.2 Å². The van der Waals surface area contributed by atoms with Crippen LogP contribution in [0.15, 0.2) is 18.2 Å². The smallest absolute Gasteiger partial charge is 0.323 e. The molecule has 1 amide bonds. The van der Waals surface area contributed by atoms with E-state index in [0.717, 1.165) is 0 Å². The summed E-state index contributed by atoms with van der Waals surface area (Å²) in [4.78, 5) is 24.6. The molecular weight excluding hydrogens is 296 g/mol. The van der Waals surface area contributed by atoms with Crippen LogP contribution in [-0.4, -0.2) is 48.1 Å². The highest BCUT2D eigenvalue weighted by Crippen LogP contribution is 2.27. The molecule has 21 heavy (non-hydrogen) atoms. The number of methoxy groups -OCH3 is 1. The third-order valence-corrected chi connectivity index (χ3v) is 3.53. The van der Waals surface area contributed by atoms with E-state index in [4.69, 9.17) is 21.4 Å². The van der Waals surface area contributed by atoms with E-state index in [0.29, 0.717) is 16.5 Å². The molecule has 0 aliphatic rings. The first-order chi connectivity index (χ1) is 9.68. The molecule has 7 heteroatoms. The summed E-state index contributed by atoms with van der Waals surface area (Å²) in [6.45, 7) is 2.99. The van der Waals surface area contributed by atoms with Crippen LogP contribution in [0.4, 0.5) is 5.69 Å². The van der Waals surface area contributed by atoms with Gasteiger partial charge in [-0.25, -0.2) is 0 Å². The van der Waals surface area contributed by atoms with E-state index in [9.17, 15) is 9.59 Å². The molecule has 116 valence electrons. The summed E-state index contributed by atoms with van der Waals surface area (Å²) in [5, 5.41) is 12.2. The Morgan fingerprint density at radius 3 is 2.57 bits per heavy atom. The Morgan fingerprint density at radius 1 is 1.43 bits per heavy atom. The number of carbonyl (C=O) groups excluding carboxylic acids is 1. The number of rotatable bonds is 6. The largest absolute Gasteiger partial charge is 0.495 e. The fourth-order valence-electron chi connectivity index (χ4n) is 1.54. The van der Waals surface area contributed by atoms with Crippen LogP contribution in [0.25, 0.3) is 0 Å². The van der Waals surface area contributed by atoms with Crippen LogP contribution in [0, 0.1) is 0 Å². The van der Waals surface area contributed by atoms with Gasteiger partial charge in [0.05, 0.1) is 19.3 Å². The number of hydrogen-bond acceptors (Lipinski definition) is 4. The molecule has 2 N–H and O–H groups in total. The lowest BCUT2D eigenvalue weighted by Gasteiger charge is -2.30. The number of amides is 1. The molecule has 0 aliphatic heterocycles. The molecule has 0 aromatic heterocycles. The highest BCUT2D eigenvalue weighted by atomic mass is 35.5. The lowest BCUT2D eigenvalue weighted by molar-refractivity contribution is -0.148. The first kappa shape index (κ1) is 17.3. The molecule has 0 aliphatic carbocycles. The van der Waals surface area contributed by atoms with Crippen molar-refractivity contribution in [1.29, 1.82) is 0 Å². The van der Waals surface area contributed by atoms with Gasteiger partial charge in [0.15, 0.2) is 0 Å². The van der Waals surface area contributed by atoms with E-state index in [2.05, 4.69) is 5.32 Å². The SMILES string of the molecule is COc1ccc(Cl)cc1NC(=O)CN(C)C(C)(C)C(=O)O. The molecule has 1 aromatic rings. The van der Waals surface area contributed by atoms with Gasteiger partial charge in [-0.15, -0.1) is 0 Å². The van der Waals surface area contributed by atoms with Crippen LogP contribution in [-0.2, 0) is 9.59 Å². The number of aliphatic carboxylic acids is 1. The maximum absolute atomic E-state index is 12.0. The number of hydrogen-bond donors (Lipinski definition) is 2. The Balaban J connectivity index is 2.79. The van der Waals surface area contributed by atoms with Crippen molar-refractivity contribution in [3.05, 3.63) is 23.2 Å². The standard InChI is InChI=1S/C14H19ClN2O4/c1-14(2,13(19)20)17(3)8-12(18)16-10-7-9(15)5-6-11(10)21-4/h5-7H,8H2,1-4H3,(H,16,18)(H,19,20). The van der Waals surface area contributed by atoms with Gasteiger partial charge in [0.25, 0.3) is 0 Å². The van der Waals surface area contributed by atoms with Crippen LogP contribution in [0.3, 0.4) is 0 Å². The van der Waals surface area contributed by atoms with Crippen molar-refractivity contribution in [3.63, 3.8) is 0 Å². The summed E-state index contributed by atoms with van der Waals surface area (Å²) >= 11 is 5.88. The molecule has 0 saturated heterocycles. The number of halogens is 1. The molecule has 1 aromatic carbocycles. The van der Waals surface area contributed by atoms with Crippen molar-refractivity contribution < 1.29 is 19.4 Å². The second kappa shape index (κ2) is 6.78. The fraction of sp³-hybridized carbons (Fsp3) is 0.429. The van der Waals surface area contributed by atoms with Crippen LogP contribution < -0.4 is 10.1 Å². The Hall–Kier alpha value is -1.79. The fourth-order valence-corrected chi connectivity index (χ4v) is 1.72. The number of anilines is 1. The minimum atomic E-state index is -1.14. The lowest BCUT2D eigenvalue weighted by atomic mass is 10.0. The van der Waals surface area contributed by atoms with E-state index in [1.165, 1.54) is 25.9 Å². The van der Waals surface area contributed by atoms with Gasteiger partial charge in [0.1, 0.15) is 11.3 Å². The van der Waals surface area contributed by atoms with Crippen molar-refractivity contribution >= 4 is 29.2 Å². The van der Waals surface area contributed by atoms with E-state index < -0.39 is 11.5 Å². The lowest BCUT2D eigenvalue weighted by Crippen LogP contribution is -2.50. The van der Waals surface area contributed by atoms with E-state index in [1.807, 2.05) is 0 Å². The van der Waals surface area contributed by atoms with Crippen molar-refractivity contribution in [2.45, 2.75) is 19.4 Å². The minimum Gasteiger partial charge on any atom is -0.495 e. The monoisotopic (exact) mass is 314 g/mol. The summed E-state index contributed by atoms with van der Waals surface area (Å²) in [5.41, 5.74) is -0.702. The highest BCUT2D eigenvalue weighted by Gasteiger charge is 2.33. The van der Waals surface area contributed by atoms with Crippen LogP contribution in [0.2, 0.25) is 5.02 Å². The zero-order chi connectivity index (χ0) is 16.2. The van der Waals surface area contributed by atoms with Gasteiger partial charge in [0.2, 0.25) is 5.91 Å². The van der Waals surface area contributed by atoms with Gasteiger partial charge in [0, 0.05) is 5.02 Å². The van der Waals surface area contributed by atoms with Crippen molar-refractivity contribution in [1.82, 2.24) is 4.90 Å². The summed E-state index contributed by atoms with van der Waals surface area (Å²) < 4.78 is 5.13. The number of likely N-dealkylation sites (N-methyl/N-ethyl adjacent to an activating group) is 1. The van der Waals surface area contributed by atoms with Gasteiger partial charge >= 0.3 is 5.97 Å². The second-order valence-corrected chi connectivity index (χ2v) is 5.55. The third-order valence-electron chi connectivity index (χ3n) is 3.29. The van der Waals surface area contributed by atoms with Gasteiger partial charge in [-0.1, -0.05) is 11.6 Å². The van der Waals surface area contributed by atoms with E-state index in [-0.39, 0.29) is 12.5 Å². The quantitative estimate of drug-likeness (QED) is 0.840. The Morgan fingerprint density at radius 2 is 2.05 bits per heavy atom. The number of carboxylic acid groups (broad SMARTS) is 1. The normalized spacial score (nSPS) is 11.3. The number of nitrogens with zero attached hydrogens (tertiary/aromatic N) is 1. The molecule has 0 fully saturated rings. The van der Waals surface area contributed by atoms with E-state index in [1.54, 1.807) is 25.2 Å². The predicted molar refractivity (Wildman–Crippen MR) is 81.0 cm³/mol. The average Bonchev–Trinajstić information content (AvgIpc) is 2.38. The first-order valence-corrected chi connectivity index (χ1v) is 6.64. The second-order valence-electron chi connectivity index (χ2n) is 5.11. The zero-order valence-corrected chi connectivity index (χ0v) is 13.2. The highest BCUT2D eigenvalue weighted by molar-refractivity contribution is 6.31. The number of benzene rings is 1. The maximum atomic E-state index is 12.0. The average molecular weight is 315 g/mol. The number of nitrogens with one attached hydrogen (secondary N) is 1. The molecule has 0 spiro atoms. The molecule has 0 heterocycles. The molecule has 0 bridgehead atoms. The zero-order valence-electron chi connectivity index (χ0n) is 12.4. The van der Waals surface area contributed by atoms with Crippen LogP contribution in [0.1, 0.15) is 13.8 Å². The van der Waals surface area contributed by atoms with Gasteiger partial charge in [-0.05, 0) is 39.1 Å². The maximum Gasteiger partial charge on any atom is 0.323 e. The summed E-state index contributed by atoms with van der Waals surface area (Å²) in [6.07, 6.45) is 0. The molecule has 1 rings (SSSR count). The Kier molecular flexibility index (Phi) is 5.57. The number of ether oxygens (including phenoxy) is 1. The van der Waals surface area contributed by atoms with Crippen molar-refractivity contribution in [2.75, 3.05) is 26.0 Å². The van der Waals surface area contributed by atoms with E-state index >= 15 is 0 Å². The topological polar surface area (TPSA) is 78.9 Å². The molecular formula is C14H19ClN2O4. The van der Waals surface area contributed by atoms with Crippen molar-refractivity contribution in [2.24, 2.45) is 0 Å². The predicted octanol–water partition coefficient (Wildman–Crippen LogP) is 2.08. The summed E-state index contributed by atoms with van der Waals surface area (Å²) in [7, 11) is 3.06. The first-order valence-electron chi connectivity index (χ1n) is 6.26. The van der Waals surface area contributed by atoms with Gasteiger partial charge in [-0.2, -0.15) is 0 Å². The summed E-state index contributed by atoms with van der Waals surface area (Å²) in [5.74, 6) is -0.876. The molecule has 0 saturated carbocycles. The number of carboxylic acids is 1. The van der Waals surface area contributed by atoms with Gasteiger partial charge in [-0.3, -0.25) is 14.5 Å². The van der Waals surface area contributed by atoms with Crippen LogP contribution >= 0.6 is 11.6 Å². The molecule has 6 nitrogen and oxygen atoms in total. The molecule has 0 atom stereocenters. The Labute approximate surface area is 128 Å². The van der Waals surface area contributed by atoms with Crippen molar-refractivity contribution in [3.8, 4) is 5.75 Å².